The van der Waals surface area contributed by atoms with E-state index in [0.717, 1.165) is 11.3 Å². The van der Waals surface area contributed by atoms with E-state index in [2.05, 4.69) is 10.3 Å². The van der Waals surface area contributed by atoms with Crippen molar-refractivity contribution in [3.63, 3.8) is 0 Å². The van der Waals surface area contributed by atoms with Crippen LogP contribution in [0.25, 0.3) is 0 Å². The lowest BCUT2D eigenvalue weighted by molar-refractivity contribution is -0.123. The summed E-state index contributed by atoms with van der Waals surface area (Å²) in [6.07, 6.45) is 1.67. The fraction of sp³-hybridized carbons (Fsp3) is 0.217. The van der Waals surface area contributed by atoms with Crippen LogP contribution in [0, 0.1) is 6.92 Å². The van der Waals surface area contributed by atoms with Crippen molar-refractivity contribution < 1.29 is 17.9 Å². The first-order valence-electron chi connectivity index (χ1n) is 9.76. The number of nitrogens with one attached hydrogen (secondary N) is 1. The molecule has 2 aromatic carbocycles. The molecule has 0 bridgehead atoms. The van der Waals surface area contributed by atoms with Gasteiger partial charge in [-0.25, -0.2) is 8.42 Å². The Kier molecular flexibility index (Phi) is 6.91. The standard InChI is InChI=1S/C23H25N3O4S/c1-17-7-13-21(14-8-17)31(28,29)26(3)19-9-11-20(12-10-19)30-16-23(27)25-18(2)22-6-4-5-15-24-22/h4-15,18H,16H2,1-3H3,(H,25,27)/t18-/m0/s1. The third-order valence-corrected chi connectivity index (χ3v) is 6.56. The molecule has 7 nitrogen and oxygen atoms in total. The smallest absolute Gasteiger partial charge is 0.264 e. The average molecular weight is 440 g/mol. The Balaban J connectivity index is 1.58. The van der Waals surface area contributed by atoms with Crippen molar-refractivity contribution in [1.29, 1.82) is 0 Å². The maximum absolute atomic E-state index is 12.8. The third kappa shape index (κ3) is 5.61. The van der Waals surface area contributed by atoms with Crippen molar-refractivity contribution in [3.8, 4) is 5.75 Å². The molecule has 1 heterocycles. The summed E-state index contributed by atoms with van der Waals surface area (Å²) in [5, 5.41) is 2.82. The Labute approximate surface area is 182 Å². The molecule has 162 valence electrons. The molecule has 3 aromatic rings. The summed E-state index contributed by atoms with van der Waals surface area (Å²) in [5.74, 6) is 0.187. The molecule has 0 spiro atoms. The Morgan fingerprint density at radius 1 is 1.06 bits per heavy atom. The summed E-state index contributed by atoms with van der Waals surface area (Å²) >= 11 is 0. The van der Waals surface area contributed by atoms with E-state index in [4.69, 9.17) is 4.74 Å². The molecule has 1 amide bonds. The number of rotatable bonds is 8. The maximum Gasteiger partial charge on any atom is 0.264 e. The SMILES string of the molecule is Cc1ccc(S(=O)(=O)N(C)c2ccc(OCC(=O)N[C@@H](C)c3ccccn3)cc2)cc1. The second kappa shape index (κ2) is 9.61. The van der Waals surface area contributed by atoms with Crippen LogP contribution in [0.1, 0.15) is 24.2 Å². The number of hydrogen-bond acceptors (Lipinski definition) is 5. The van der Waals surface area contributed by atoms with Crippen LogP contribution in [0.5, 0.6) is 5.75 Å². The number of carbonyl (C=O) groups is 1. The first kappa shape index (κ1) is 22.3. The third-order valence-electron chi connectivity index (χ3n) is 4.76. The number of ether oxygens (including phenoxy) is 1. The molecule has 0 fully saturated rings. The Morgan fingerprint density at radius 2 is 1.74 bits per heavy atom. The monoisotopic (exact) mass is 439 g/mol. The Hall–Kier alpha value is -3.39. The van der Waals surface area contributed by atoms with E-state index in [9.17, 15) is 13.2 Å². The maximum atomic E-state index is 12.8. The van der Waals surface area contributed by atoms with Crippen molar-refractivity contribution in [3.05, 3.63) is 84.2 Å². The van der Waals surface area contributed by atoms with Crippen LogP contribution in [0.4, 0.5) is 5.69 Å². The van der Waals surface area contributed by atoms with E-state index in [0.29, 0.717) is 11.4 Å². The molecule has 0 aliphatic heterocycles. The number of nitrogens with zero attached hydrogens (tertiary/aromatic N) is 2. The molecule has 31 heavy (non-hydrogen) atoms. The fourth-order valence-electron chi connectivity index (χ4n) is 2.90. The second-order valence-corrected chi connectivity index (χ2v) is 9.08. The zero-order valence-corrected chi connectivity index (χ0v) is 18.5. The van der Waals surface area contributed by atoms with Gasteiger partial charge in [-0.15, -0.1) is 0 Å². The normalized spacial score (nSPS) is 12.1. The van der Waals surface area contributed by atoms with Gasteiger partial charge in [0.25, 0.3) is 15.9 Å². The molecule has 0 saturated heterocycles. The topological polar surface area (TPSA) is 88.6 Å². The second-order valence-electron chi connectivity index (χ2n) is 7.11. The zero-order chi connectivity index (χ0) is 22.4. The largest absolute Gasteiger partial charge is 0.484 e. The number of aromatic nitrogens is 1. The highest BCUT2D eigenvalue weighted by Gasteiger charge is 2.21. The Morgan fingerprint density at radius 3 is 2.35 bits per heavy atom. The molecule has 0 unspecified atom stereocenters. The van der Waals surface area contributed by atoms with E-state index >= 15 is 0 Å². The molecule has 0 aliphatic rings. The predicted octanol–water partition coefficient (Wildman–Crippen LogP) is 3.47. The molecular weight excluding hydrogens is 414 g/mol. The zero-order valence-electron chi connectivity index (χ0n) is 17.6. The molecule has 1 N–H and O–H groups in total. The van der Waals surface area contributed by atoms with Crippen LogP contribution in [0.15, 0.2) is 77.8 Å². The summed E-state index contributed by atoms with van der Waals surface area (Å²) in [6, 6.07) is 18.5. The summed E-state index contributed by atoms with van der Waals surface area (Å²) in [7, 11) is -2.17. The van der Waals surface area contributed by atoms with Gasteiger partial charge >= 0.3 is 0 Å². The first-order chi connectivity index (χ1) is 14.8. The minimum absolute atomic E-state index is 0.159. The van der Waals surface area contributed by atoms with Crippen LogP contribution >= 0.6 is 0 Å². The average Bonchev–Trinajstić information content (AvgIpc) is 2.78. The summed E-state index contributed by atoms with van der Waals surface area (Å²) in [4.78, 5) is 16.6. The van der Waals surface area contributed by atoms with Gasteiger partial charge < -0.3 is 10.1 Å². The number of sulfonamides is 1. The number of hydrogen-bond donors (Lipinski definition) is 1. The van der Waals surface area contributed by atoms with Gasteiger partial charge in [-0.2, -0.15) is 0 Å². The van der Waals surface area contributed by atoms with Crippen LogP contribution in [0.2, 0.25) is 0 Å². The molecule has 1 aromatic heterocycles. The van der Waals surface area contributed by atoms with Gasteiger partial charge in [0, 0.05) is 13.2 Å². The van der Waals surface area contributed by atoms with Crippen molar-refractivity contribution in [2.75, 3.05) is 18.0 Å². The quantitative estimate of drug-likeness (QED) is 0.581. The number of aryl methyl sites for hydroxylation is 1. The molecule has 0 radical (unpaired) electrons. The molecule has 8 heteroatoms. The van der Waals surface area contributed by atoms with Crippen LogP contribution < -0.4 is 14.4 Å². The van der Waals surface area contributed by atoms with Gasteiger partial charge in [0.05, 0.1) is 22.3 Å². The molecule has 0 saturated carbocycles. The number of amides is 1. The number of anilines is 1. The van der Waals surface area contributed by atoms with E-state index < -0.39 is 10.0 Å². The summed E-state index contributed by atoms with van der Waals surface area (Å²) in [6.45, 7) is 3.59. The van der Waals surface area contributed by atoms with Gasteiger partial charge in [-0.3, -0.25) is 14.1 Å². The van der Waals surface area contributed by atoms with E-state index in [-0.39, 0.29) is 23.5 Å². The lowest BCUT2D eigenvalue weighted by atomic mass is 10.2. The lowest BCUT2D eigenvalue weighted by Crippen LogP contribution is -2.31. The molecule has 3 rings (SSSR count). The minimum Gasteiger partial charge on any atom is -0.484 e. The molecule has 0 aliphatic carbocycles. The lowest BCUT2D eigenvalue weighted by Gasteiger charge is -2.20. The summed E-state index contributed by atoms with van der Waals surface area (Å²) in [5.41, 5.74) is 2.24. The highest BCUT2D eigenvalue weighted by Crippen LogP contribution is 2.24. The van der Waals surface area contributed by atoms with Gasteiger partial charge in [0.2, 0.25) is 0 Å². The van der Waals surface area contributed by atoms with Gasteiger partial charge in [0.1, 0.15) is 5.75 Å². The van der Waals surface area contributed by atoms with E-state index in [1.807, 2.05) is 32.0 Å². The van der Waals surface area contributed by atoms with Crippen molar-refractivity contribution in [1.82, 2.24) is 10.3 Å². The van der Waals surface area contributed by atoms with Crippen LogP contribution in [-0.2, 0) is 14.8 Å². The predicted molar refractivity (Wildman–Crippen MR) is 119 cm³/mol. The summed E-state index contributed by atoms with van der Waals surface area (Å²) < 4.78 is 32.3. The van der Waals surface area contributed by atoms with E-state index in [1.165, 1.54) is 11.4 Å². The number of benzene rings is 2. The number of carbonyl (C=O) groups excluding carboxylic acids is 1. The van der Waals surface area contributed by atoms with Crippen molar-refractivity contribution in [2.45, 2.75) is 24.8 Å². The van der Waals surface area contributed by atoms with Crippen LogP contribution in [-0.4, -0.2) is 33.0 Å². The number of pyridine rings is 1. The first-order valence-corrected chi connectivity index (χ1v) is 11.2. The molecular formula is C23H25N3O4S. The fourth-order valence-corrected chi connectivity index (χ4v) is 4.09. The minimum atomic E-state index is -3.66. The van der Waals surface area contributed by atoms with Gasteiger partial charge in [-0.05, 0) is 62.4 Å². The van der Waals surface area contributed by atoms with Crippen LogP contribution in [0.3, 0.4) is 0 Å². The highest BCUT2D eigenvalue weighted by atomic mass is 32.2. The van der Waals surface area contributed by atoms with Crippen molar-refractivity contribution in [2.24, 2.45) is 0 Å². The van der Waals surface area contributed by atoms with Gasteiger partial charge in [-0.1, -0.05) is 23.8 Å². The molecule has 1 atom stereocenters. The van der Waals surface area contributed by atoms with Crippen molar-refractivity contribution >= 4 is 21.6 Å². The Bertz CT molecular complexity index is 1120. The van der Waals surface area contributed by atoms with Gasteiger partial charge in [0.15, 0.2) is 6.61 Å². The highest BCUT2D eigenvalue weighted by molar-refractivity contribution is 7.92. The van der Waals surface area contributed by atoms with E-state index in [1.54, 1.807) is 54.7 Å².